The lowest BCUT2D eigenvalue weighted by atomic mass is 10.1. The normalized spacial score (nSPS) is 13.8. The number of aliphatic carboxylic acids is 2. The van der Waals surface area contributed by atoms with Crippen LogP contribution in [0, 0.1) is 0 Å². The second-order valence-electron chi connectivity index (χ2n) is 8.13. The lowest BCUT2D eigenvalue weighted by Gasteiger charge is -2.24. The van der Waals surface area contributed by atoms with Crippen molar-refractivity contribution in [3.8, 4) is 0 Å². The van der Waals surface area contributed by atoms with Gasteiger partial charge in [0.1, 0.15) is 18.1 Å². The van der Waals surface area contributed by atoms with E-state index in [4.69, 9.17) is 28.7 Å². The van der Waals surface area contributed by atoms with Gasteiger partial charge in [-0.15, -0.1) is 0 Å². The Kier molecular flexibility index (Phi) is 15.6. The van der Waals surface area contributed by atoms with E-state index in [9.17, 15) is 39.0 Å². The Labute approximate surface area is 212 Å². The molecule has 0 saturated carbocycles. The molecule has 0 fully saturated rings. The zero-order valence-corrected chi connectivity index (χ0v) is 20.4. The number of carboxylic acids is 2. The van der Waals surface area contributed by atoms with E-state index in [0.29, 0.717) is 19.4 Å². The SMILES string of the molecule is NCCCCC(NC(=O)C(N)CC(N)=O)C(=O)NC(CC(=O)O)C(=O)NC(CCCN=C(N)N)C(=O)O. The quantitative estimate of drug-likeness (QED) is 0.0427. The third kappa shape index (κ3) is 14.9. The van der Waals surface area contributed by atoms with Gasteiger partial charge in [-0.1, -0.05) is 0 Å². The lowest BCUT2D eigenvalue weighted by molar-refractivity contribution is -0.143. The third-order valence-corrected chi connectivity index (χ3v) is 4.91. The summed E-state index contributed by atoms with van der Waals surface area (Å²) >= 11 is 0. The van der Waals surface area contributed by atoms with Gasteiger partial charge in [0.25, 0.3) is 0 Å². The molecular weight excluding hydrogens is 494 g/mol. The molecule has 17 heteroatoms. The molecule has 0 aromatic rings. The highest BCUT2D eigenvalue weighted by Crippen LogP contribution is 2.06. The Morgan fingerprint density at radius 1 is 0.730 bits per heavy atom. The Morgan fingerprint density at radius 2 is 1.27 bits per heavy atom. The minimum atomic E-state index is -1.67. The van der Waals surface area contributed by atoms with Crippen LogP contribution in [0.3, 0.4) is 0 Å². The van der Waals surface area contributed by atoms with Crippen LogP contribution in [-0.4, -0.2) is 89.0 Å². The molecule has 0 spiro atoms. The topological polar surface area (TPSA) is 321 Å². The fourth-order valence-electron chi connectivity index (χ4n) is 3.04. The van der Waals surface area contributed by atoms with E-state index in [1.54, 1.807) is 0 Å². The molecule has 37 heavy (non-hydrogen) atoms. The molecule has 4 atom stereocenters. The van der Waals surface area contributed by atoms with E-state index in [-0.39, 0.29) is 31.8 Å². The first-order valence-corrected chi connectivity index (χ1v) is 11.4. The summed E-state index contributed by atoms with van der Waals surface area (Å²) in [7, 11) is 0. The standard InChI is InChI=1S/C20H37N9O8/c21-6-2-1-4-11(27-16(33)10(22)8-14(23)30)17(34)29-13(9-15(31)32)18(35)28-12(19(36)37)5-3-7-26-20(24)25/h10-13H,1-9,21-22H2,(H2,23,30)(H,27,33)(H,28,35)(H,29,34)(H,31,32)(H,36,37)(H4,24,25,26). The maximum absolute atomic E-state index is 12.9. The predicted octanol–water partition coefficient (Wildman–Crippen LogP) is -4.61. The number of nitrogens with two attached hydrogens (primary N) is 5. The van der Waals surface area contributed by atoms with Gasteiger partial charge in [-0.3, -0.25) is 29.0 Å². The Hall–Kier alpha value is -3.99. The summed E-state index contributed by atoms with van der Waals surface area (Å²) in [6.07, 6.45) is -0.316. The van der Waals surface area contributed by atoms with Gasteiger partial charge in [-0.2, -0.15) is 0 Å². The highest BCUT2D eigenvalue weighted by molar-refractivity contribution is 5.96. The molecule has 0 aromatic heterocycles. The number of primary amides is 1. The fraction of sp³-hybridized carbons (Fsp3) is 0.650. The van der Waals surface area contributed by atoms with Crippen LogP contribution in [-0.2, 0) is 28.8 Å². The summed E-state index contributed by atoms with van der Waals surface area (Å²) in [5.74, 6) is -6.72. The number of amides is 4. The molecule has 4 amide bonds. The molecule has 17 nitrogen and oxygen atoms in total. The number of carbonyl (C=O) groups is 6. The zero-order valence-electron chi connectivity index (χ0n) is 20.4. The molecule has 0 radical (unpaired) electrons. The van der Waals surface area contributed by atoms with Crippen LogP contribution in [0.5, 0.6) is 0 Å². The van der Waals surface area contributed by atoms with Gasteiger partial charge in [-0.05, 0) is 38.6 Å². The van der Waals surface area contributed by atoms with Crippen LogP contribution in [0.1, 0.15) is 44.9 Å². The smallest absolute Gasteiger partial charge is 0.326 e. The molecule has 15 N–H and O–H groups in total. The highest BCUT2D eigenvalue weighted by atomic mass is 16.4. The number of aliphatic imine (C=N–C) groups is 1. The van der Waals surface area contributed by atoms with Gasteiger partial charge in [-0.25, -0.2) is 4.79 Å². The van der Waals surface area contributed by atoms with Crippen molar-refractivity contribution in [2.24, 2.45) is 33.7 Å². The summed E-state index contributed by atoms with van der Waals surface area (Å²) in [4.78, 5) is 75.5. The van der Waals surface area contributed by atoms with E-state index in [1.165, 1.54) is 0 Å². The van der Waals surface area contributed by atoms with Crippen LogP contribution in [0.15, 0.2) is 4.99 Å². The predicted molar refractivity (Wildman–Crippen MR) is 130 cm³/mol. The van der Waals surface area contributed by atoms with E-state index >= 15 is 0 Å². The summed E-state index contributed by atoms with van der Waals surface area (Å²) in [5.41, 5.74) is 26.5. The minimum Gasteiger partial charge on any atom is -0.481 e. The summed E-state index contributed by atoms with van der Waals surface area (Å²) in [5, 5.41) is 25.4. The molecular formula is C20H37N9O8. The molecule has 0 aliphatic rings. The van der Waals surface area contributed by atoms with Crippen LogP contribution < -0.4 is 44.6 Å². The van der Waals surface area contributed by atoms with E-state index < -0.39 is 72.6 Å². The summed E-state index contributed by atoms with van der Waals surface area (Å²) in [6.45, 7) is 0.395. The number of hydrogen-bond acceptors (Lipinski definition) is 9. The number of nitrogens with one attached hydrogen (secondary N) is 3. The molecule has 0 rings (SSSR count). The van der Waals surface area contributed by atoms with Gasteiger partial charge in [0, 0.05) is 6.54 Å². The highest BCUT2D eigenvalue weighted by Gasteiger charge is 2.31. The molecule has 210 valence electrons. The zero-order chi connectivity index (χ0) is 28.5. The van der Waals surface area contributed by atoms with Gasteiger partial charge in [0.15, 0.2) is 5.96 Å². The maximum Gasteiger partial charge on any atom is 0.326 e. The van der Waals surface area contributed by atoms with Crippen molar-refractivity contribution in [2.75, 3.05) is 13.1 Å². The van der Waals surface area contributed by atoms with Crippen molar-refractivity contribution < 1.29 is 39.0 Å². The molecule has 0 aromatic carbocycles. The largest absolute Gasteiger partial charge is 0.481 e. The first kappa shape index (κ1) is 33.0. The van der Waals surface area contributed by atoms with E-state index in [2.05, 4.69) is 20.9 Å². The van der Waals surface area contributed by atoms with Crippen molar-refractivity contribution in [3.05, 3.63) is 0 Å². The second kappa shape index (κ2) is 17.4. The van der Waals surface area contributed by atoms with Gasteiger partial charge in [0.05, 0.1) is 18.9 Å². The van der Waals surface area contributed by atoms with Gasteiger partial charge >= 0.3 is 11.9 Å². The lowest BCUT2D eigenvalue weighted by Crippen LogP contribution is -2.57. The third-order valence-electron chi connectivity index (χ3n) is 4.91. The Morgan fingerprint density at radius 3 is 1.78 bits per heavy atom. The van der Waals surface area contributed by atoms with Crippen LogP contribution in [0.2, 0.25) is 0 Å². The minimum absolute atomic E-state index is 0.0576. The Bertz CT molecular complexity index is 848. The molecule has 0 aliphatic carbocycles. The second-order valence-corrected chi connectivity index (χ2v) is 8.13. The van der Waals surface area contributed by atoms with Gasteiger partial charge in [0.2, 0.25) is 23.6 Å². The first-order valence-electron chi connectivity index (χ1n) is 11.4. The number of hydrogen-bond donors (Lipinski definition) is 10. The number of carbonyl (C=O) groups excluding carboxylic acids is 4. The number of carboxylic acid groups (broad SMARTS) is 2. The number of nitrogens with zero attached hydrogens (tertiary/aromatic N) is 1. The molecule has 0 bridgehead atoms. The van der Waals surface area contributed by atoms with Crippen molar-refractivity contribution in [3.63, 3.8) is 0 Å². The fourth-order valence-corrected chi connectivity index (χ4v) is 3.04. The van der Waals surface area contributed by atoms with Crippen molar-refractivity contribution in [1.29, 1.82) is 0 Å². The Balaban J connectivity index is 5.51. The monoisotopic (exact) mass is 531 g/mol. The first-order chi connectivity index (χ1) is 17.3. The van der Waals surface area contributed by atoms with Crippen LogP contribution >= 0.6 is 0 Å². The van der Waals surface area contributed by atoms with Crippen molar-refractivity contribution in [1.82, 2.24) is 16.0 Å². The number of guanidine groups is 1. The maximum atomic E-state index is 12.9. The van der Waals surface area contributed by atoms with E-state index in [1.807, 2.05) is 0 Å². The number of rotatable bonds is 19. The molecule has 0 saturated heterocycles. The summed E-state index contributed by atoms with van der Waals surface area (Å²) in [6, 6.07) is -5.67. The summed E-state index contributed by atoms with van der Waals surface area (Å²) < 4.78 is 0. The number of unbranched alkanes of at least 4 members (excludes halogenated alkanes) is 1. The van der Waals surface area contributed by atoms with Crippen LogP contribution in [0.25, 0.3) is 0 Å². The average Bonchev–Trinajstić information content (AvgIpc) is 2.78. The van der Waals surface area contributed by atoms with Crippen molar-refractivity contribution in [2.45, 2.75) is 69.1 Å². The molecule has 0 aliphatic heterocycles. The average molecular weight is 532 g/mol. The van der Waals surface area contributed by atoms with E-state index in [0.717, 1.165) is 0 Å². The molecule has 4 unspecified atom stereocenters. The van der Waals surface area contributed by atoms with Gasteiger partial charge < -0.3 is 54.8 Å². The van der Waals surface area contributed by atoms with Crippen LogP contribution in [0.4, 0.5) is 0 Å². The molecule has 0 heterocycles. The van der Waals surface area contributed by atoms with Crippen molar-refractivity contribution >= 4 is 41.5 Å².